The number of unbranched alkanes of at least 4 members (excludes halogenated alkanes) is 1. The van der Waals surface area contributed by atoms with Gasteiger partial charge in [-0.2, -0.15) is 0 Å². The average Bonchev–Trinajstić information content (AvgIpc) is 1.33. The Balaban J connectivity index is 1.83. The third kappa shape index (κ3) is 20.9. The predicted molar refractivity (Wildman–Crippen MR) is 336 cm³/mol. The van der Waals surface area contributed by atoms with Gasteiger partial charge in [0, 0.05) is 32.2 Å². The van der Waals surface area contributed by atoms with Crippen LogP contribution in [0.4, 0.5) is 4.79 Å². The fraction of sp³-hybridized carbons (Fsp3) is 0.571. The Kier molecular flexibility index (Phi) is 24.4. The molecule has 17 nitrogen and oxygen atoms in total. The topological polar surface area (TPSA) is 210 Å². The van der Waals surface area contributed by atoms with Crippen molar-refractivity contribution < 1.29 is 71.4 Å². The van der Waals surface area contributed by atoms with Gasteiger partial charge in [0.25, 0.3) is 5.91 Å². The molecule has 1 aliphatic carbocycles. The molecule has 4 aromatic rings. The first kappa shape index (κ1) is 70.5. The van der Waals surface area contributed by atoms with Gasteiger partial charge in [0.2, 0.25) is 0 Å². The van der Waals surface area contributed by atoms with E-state index in [2.05, 4.69) is 142 Å². The van der Waals surface area contributed by atoms with Crippen LogP contribution in [0.15, 0.2) is 48.5 Å². The maximum absolute atomic E-state index is 14.1. The normalized spacial score (nSPS) is 13.1. The number of amides is 2. The van der Waals surface area contributed by atoms with Gasteiger partial charge in [-0.05, 0) is 149 Å². The first-order chi connectivity index (χ1) is 40.5. The van der Waals surface area contributed by atoms with Crippen LogP contribution in [0.3, 0.4) is 0 Å². The molecule has 1 unspecified atom stereocenters. The van der Waals surface area contributed by atoms with E-state index < -0.39 is 63.8 Å². The van der Waals surface area contributed by atoms with Crippen molar-refractivity contribution in [2.24, 2.45) is 0 Å². The Hall–Kier alpha value is -7.30. The number of nitrogens with one attached hydrogen (secondary N) is 2. The van der Waals surface area contributed by atoms with Gasteiger partial charge in [0.1, 0.15) is 34.6 Å². The molecule has 1 atom stereocenters. The van der Waals surface area contributed by atoms with Crippen LogP contribution in [-0.2, 0) is 95.0 Å². The van der Waals surface area contributed by atoms with Crippen LogP contribution in [0.2, 0.25) is 0 Å². The molecule has 2 amide bonds. The molecule has 8 bridgehead atoms. The van der Waals surface area contributed by atoms with Crippen molar-refractivity contribution in [1.82, 2.24) is 10.6 Å². The van der Waals surface area contributed by atoms with E-state index in [0.29, 0.717) is 35.8 Å². The lowest BCUT2D eigenvalue weighted by Crippen LogP contribution is -2.44. The summed E-state index contributed by atoms with van der Waals surface area (Å²) in [7, 11) is 1.25. The van der Waals surface area contributed by atoms with Gasteiger partial charge in [0.05, 0.1) is 26.9 Å². The summed E-state index contributed by atoms with van der Waals surface area (Å²) in [5.74, 6) is -0.799. The van der Waals surface area contributed by atoms with Crippen LogP contribution in [0.1, 0.15) is 211 Å². The van der Waals surface area contributed by atoms with Crippen molar-refractivity contribution >= 4 is 35.9 Å². The van der Waals surface area contributed by atoms with Crippen molar-refractivity contribution in [3.8, 4) is 23.0 Å². The highest BCUT2D eigenvalue weighted by Gasteiger charge is 2.31. The Bertz CT molecular complexity index is 2950. The van der Waals surface area contributed by atoms with E-state index in [4.69, 9.17) is 42.6 Å². The van der Waals surface area contributed by atoms with Crippen LogP contribution in [0.25, 0.3) is 0 Å². The molecule has 4 aromatic carbocycles. The van der Waals surface area contributed by atoms with Crippen LogP contribution in [0, 0.1) is 0 Å². The number of alkyl carbamates (subject to hydrolysis) is 1. The van der Waals surface area contributed by atoms with Crippen LogP contribution >= 0.6 is 0 Å². The fourth-order valence-corrected chi connectivity index (χ4v) is 10.1. The zero-order valence-electron chi connectivity index (χ0n) is 55.4. The molecule has 478 valence electrons. The Morgan fingerprint density at radius 3 is 0.977 bits per heavy atom. The number of rotatable bonds is 22. The first-order valence-corrected chi connectivity index (χ1v) is 30.5. The van der Waals surface area contributed by atoms with Gasteiger partial charge in [-0.1, -0.05) is 132 Å². The number of fused-ring (bicyclic) bond motifs is 8. The molecule has 1 aliphatic rings. The molecule has 0 saturated heterocycles. The van der Waals surface area contributed by atoms with E-state index in [1.807, 2.05) is 0 Å². The highest BCUT2D eigenvalue weighted by molar-refractivity contribution is 5.81. The lowest BCUT2D eigenvalue weighted by molar-refractivity contribution is -0.146. The first-order valence-electron chi connectivity index (χ1n) is 30.5. The second-order valence-electron chi connectivity index (χ2n) is 27.3. The van der Waals surface area contributed by atoms with E-state index >= 15 is 0 Å². The lowest BCUT2D eigenvalue weighted by Gasteiger charge is -2.29. The maximum atomic E-state index is 14.1. The van der Waals surface area contributed by atoms with Gasteiger partial charge in [-0.3, -0.25) is 4.79 Å². The molecule has 0 fully saturated rings. The van der Waals surface area contributed by atoms with E-state index in [1.54, 1.807) is 41.5 Å². The molecule has 0 saturated carbocycles. The van der Waals surface area contributed by atoms with Crippen LogP contribution in [-0.4, -0.2) is 107 Å². The Morgan fingerprint density at radius 2 is 0.724 bits per heavy atom. The van der Waals surface area contributed by atoms with Crippen molar-refractivity contribution in [2.45, 2.75) is 203 Å². The minimum Gasteiger partial charge on any atom is -0.483 e. The fourth-order valence-electron chi connectivity index (χ4n) is 10.1. The molecule has 17 heteroatoms. The van der Waals surface area contributed by atoms with Gasteiger partial charge in [-0.25, -0.2) is 24.0 Å². The summed E-state index contributed by atoms with van der Waals surface area (Å²) in [4.78, 5) is 79.5. The molecule has 0 radical (unpaired) electrons. The number of esters is 4. The van der Waals surface area contributed by atoms with Gasteiger partial charge in [-0.15, -0.1) is 0 Å². The lowest BCUT2D eigenvalue weighted by atomic mass is 9.79. The summed E-state index contributed by atoms with van der Waals surface area (Å²) in [5.41, 5.74) is 7.52. The number of hydrogen-bond acceptors (Lipinski definition) is 15. The maximum Gasteiger partial charge on any atom is 0.408 e. The standard InChI is InChI=1S/C70H98N2O15/c1-20-80-57(74)40-84-61-45-27-43-31-51(66(4,5)6)32-44(60(43)83-39-56(73)71-26-24-23-25-55(64(77)79-19)72-65(78)87-70(16,17)18)28-46-34-53(68(10,11)12)36-48(62(46)85-41-58(75)81-21-2)30-50-38-54(69(13,14)15)37-49(63(50)86-42-59(76)82-22-3)29-47(61)35-52(33-45)67(7,8)9/h31-38,55H,20-30,39-42H2,1-19H3,(H,71,73)(H,72,78). The zero-order valence-corrected chi connectivity index (χ0v) is 55.4. The Labute approximate surface area is 516 Å². The molecule has 87 heavy (non-hydrogen) atoms. The highest BCUT2D eigenvalue weighted by atomic mass is 16.6. The van der Waals surface area contributed by atoms with Crippen LogP contribution in [0.5, 0.6) is 23.0 Å². The van der Waals surface area contributed by atoms with Crippen molar-refractivity contribution in [3.05, 3.63) is 115 Å². The summed E-state index contributed by atoms with van der Waals surface area (Å²) in [6, 6.07) is 15.9. The number of carbonyl (C=O) groups is 6. The van der Waals surface area contributed by atoms with E-state index in [1.165, 1.54) is 7.11 Å². The van der Waals surface area contributed by atoms with E-state index in [0.717, 1.165) is 66.8 Å². The zero-order chi connectivity index (χ0) is 64.8. The number of ether oxygens (including phenoxy) is 9. The SMILES string of the molecule is CCOC(=O)COc1c2cc(C(C)(C)C)cc1Cc1cc(C(C)(C)C)cc(c1OCC(=O)OCC)Cc1cc(C(C)(C)C)cc(c1OCC(=O)OCC)Cc1cc(C(C)(C)C)cc(c1OCC(=O)NCCCCC(NC(=O)OC(C)(C)C)C(=O)OC)C2. The number of hydrogen-bond donors (Lipinski definition) is 2. The Morgan fingerprint density at radius 1 is 0.437 bits per heavy atom. The van der Waals surface area contributed by atoms with Crippen molar-refractivity contribution in [1.29, 1.82) is 0 Å². The van der Waals surface area contributed by atoms with Crippen molar-refractivity contribution in [3.63, 3.8) is 0 Å². The largest absolute Gasteiger partial charge is 0.483 e. The van der Waals surface area contributed by atoms with Crippen molar-refractivity contribution in [2.75, 3.05) is 59.9 Å². The highest BCUT2D eigenvalue weighted by Crippen LogP contribution is 2.44. The minimum absolute atomic E-state index is 0.156. The smallest absolute Gasteiger partial charge is 0.408 e. The molecular formula is C70H98N2O15. The van der Waals surface area contributed by atoms with Gasteiger partial charge >= 0.3 is 30.0 Å². The van der Waals surface area contributed by atoms with Gasteiger partial charge in [0.15, 0.2) is 26.4 Å². The number of methoxy groups -OCH3 is 1. The molecule has 0 heterocycles. The second kappa shape index (κ2) is 30.1. The quantitative estimate of drug-likeness (QED) is 0.0375. The molecule has 0 aliphatic heterocycles. The van der Waals surface area contributed by atoms with E-state index in [9.17, 15) is 28.8 Å². The molecular weight excluding hydrogens is 1110 g/mol. The third-order valence-corrected chi connectivity index (χ3v) is 14.6. The summed E-state index contributed by atoms with van der Waals surface area (Å²) >= 11 is 0. The number of carbonyl (C=O) groups excluding carboxylic acids is 6. The van der Waals surface area contributed by atoms with E-state index in [-0.39, 0.29) is 90.3 Å². The summed E-state index contributed by atoms with van der Waals surface area (Å²) in [5, 5.41) is 5.59. The summed E-state index contributed by atoms with van der Waals surface area (Å²) < 4.78 is 53.7. The number of benzene rings is 4. The van der Waals surface area contributed by atoms with Gasteiger partial charge < -0.3 is 53.3 Å². The molecule has 0 aromatic heterocycles. The second-order valence-corrected chi connectivity index (χ2v) is 27.3. The predicted octanol–water partition coefficient (Wildman–Crippen LogP) is 12.1. The summed E-state index contributed by atoms with van der Waals surface area (Å²) in [6.07, 6.45) is 1.29. The molecule has 0 spiro atoms. The summed E-state index contributed by atoms with van der Waals surface area (Å²) in [6.45, 7) is 35.3. The van der Waals surface area contributed by atoms with Crippen LogP contribution < -0.4 is 29.6 Å². The molecule has 2 N–H and O–H groups in total. The molecule has 5 rings (SSSR count). The minimum atomic E-state index is -0.951. The monoisotopic (exact) mass is 1210 g/mol. The average molecular weight is 1210 g/mol. The third-order valence-electron chi connectivity index (χ3n) is 14.6.